The molecule has 94 heavy (non-hydrogen) atoms. The van der Waals surface area contributed by atoms with Crippen LogP contribution in [-0.4, -0.2) is 334 Å². The number of rotatable bonds is 34. The Bertz CT molecular complexity index is 2420. The van der Waals surface area contributed by atoms with Gasteiger partial charge >= 0.3 is 5.97 Å². The van der Waals surface area contributed by atoms with Gasteiger partial charge in [-0.05, 0) is 64.4 Å². The Labute approximate surface area is 544 Å². The van der Waals surface area contributed by atoms with E-state index in [-0.39, 0.29) is 49.9 Å². The Balaban J connectivity index is 1.30. The van der Waals surface area contributed by atoms with Crippen molar-refractivity contribution in [2.24, 2.45) is 28.1 Å². The maximum atomic E-state index is 14.3. The maximum absolute atomic E-state index is 14.3. The van der Waals surface area contributed by atoms with Gasteiger partial charge in [-0.2, -0.15) is 11.8 Å². The smallest absolute Gasteiger partial charge is 0.326 e. The number of hydrogen-bond donors (Lipinski definition) is 23. The number of ether oxygens (including phenoxy) is 8. The second kappa shape index (κ2) is 38.0. The molecule has 0 aromatic heterocycles. The molecule has 5 amide bonds. The van der Waals surface area contributed by atoms with Crippen molar-refractivity contribution < 1.29 is 143 Å². The van der Waals surface area contributed by atoms with Crippen molar-refractivity contribution in [3.05, 3.63) is 0 Å². The van der Waals surface area contributed by atoms with E-state index in [0.717, 1.165) is 19.3 Å². The predicted molar refractivity (Wildman–Crippen MR) is 319 cm³/mol. The molecule has 5 aliphatic rings. The molecule has 0 bridgehead atoms. The molecule has 4 heterocycles. The van der Waals surface area contributed by atoms with Gasteiger partial charge in [-0.1, -0.05) is 32.1 Å². The van der Waals surface area contributed by atoms with E-state index < -0.39 is 233 Å². The summed E-state index contributed by atoms with van der Waals surface area (Å²) < 4.78 is 45.0. The number of guanidine groups is 1. The van der Waals surface area contributed by atoms with E-state index in [1.165, 1.54) is 32.5 Å². The summed E-state index contributed by atoms with van der Waals surface area (Å²) in [5.41, 5.74) is 17.3. The lowest BCUT2D eigenvalue weighted by atomic mass is 9.84. The number of aliphatic carboxylic acids is 1. The van der Waals surface area contributed by atoms with Crippen LogP contribution in [0.5, 0.6) is 0 Å². The third-order valence-electron chi connectivity index (χ3n) is 17.0. The molecule has 0 radical (unpaired) electrons. The predicted octanol–water partition coefficient (Wildman–Crippen LogP) is -11.3. The number of nitrogens with zero attached hydrogens (tertiary/aromatic N) is 1. The molecule has 26 N–H and O–H groups in total. The van der Waals surface area contributed by atoms with Crippen molar-refractivity contribution in [2.75, 3.05) is 45.0 Å². The van der Waals surface area contributed by atoms with Gasteiger partial charge in [0.25, 0.3) is 0 Å². The van der Waals surface area contributed by atoms with E-state index in [1.54, 1.807) is 6.26 Å². The Hall–Kier alpha value is -4.48. The minimum Gasteiger partial charge on any atom is -0.480 e. The first-order chi connectivity index (χ1) is 44.4. The normalized spacial score (nSPS) is 35.0. The number of aliphatic hydroxyl groups is 14. The number of carboxylic acid groups (broad SMARTS) is 1. The molecule has 0 aromatic carbocycles. The first-order valence-electron chi connectivity index (χ1n) is 31.0. The molecule has 542 valence electrons. The van der Waals surface area contributed by atoms with Gasteiger partial charge in [0.15, 0.2) is 31.1 Å². The molecule has 5 fully saturated rings. The van der Waals surface area contributed by atoms with Crippen LogP contribution < -0.4 is 43.8 Å². The zero-order chi connectivity index (χ0) is 70.0. The number of aliphatic hydroxyl groups excluding tert-OH is 14. The first kappa shape index (κ1) is 80.2. The zero-order valence-electron chi connectivity index (χ0n) is 52.4. The fourth-order valence-electron chi connectivity index (χ4n) is 11.2. The molecule has 38 nitrogen and oxygen atoms in total. The number of carbonyl (C=O) groups excluding carboxylic acids is 5. The maximum Gasteiger partial charge on any atom is 0.326 e. The number of amides is 5. The molecular weight excluding hydrogens is 1280 g/mol. The van der Waals surface area contributed by atoms with Crippen LogP contribution in [0.4, 0.5) is 0 Å². The second-order valence-corrected chi connectivity index (χ2v) is 24.9. The Kier molecular flexibility index (Phi) is 32.5. The summed E-state index contributed by atoms with van der Waals surface area (Å²) >= 11 is 1.27. The number of thioether (sulfide) groups is 1. The standard InChI is InChI=1S/C55H97N9O29S/c1-20(45(79)64-32(49(83)63-26(50(84)85)15-23-9-6-5-7-10-23)22(3)87-52-42(78)38(74)44(30(19-68)91-52)93-54-40(76)36(72)34(70)28(17-66)89-54)60-46(80)24(11-8-13-59-55(57)58)61-47(81)25(12-14-94-4)62-48(82)31(56)21(2)86-51-41(77)37(73)43(29(18-67)90-51)92-53-39(75)35(71)33(69)27(16-65)88-53/h20-44,51-54,65-78H,5-19,56H2,1-4H3,(H,60,80)(H,61,81)(H,62,82)(H,63,83)(H,64,79)(H,84,85)(H4,57,58,59)/t20-,21+,22+,24-,25-,26-,27+,28+,29+,30+,31-,32-,33-,34-,35-,36-,37+,38+,39+,40+,41+,42+,43+,44+,51-,52-,53-,54-/m0/s1. The molecule has 4 aliphatic heterocycles. The summed E-state index contributed by atoms with van der Waals surface area (Å²) in [6.07, 6.45) is -34.0. The number of nitrogens with one attached hydrogen (secondary N) is 5. The summed E-state index contributed by atoms with van der Waals surface area (Å²) in [6.45, 7) is 0.0529. The highest BCUT2D eigenvalue weighted by Gasteiger charge is 2.54. The zero-order valence-corrected chi connectivity index (χ0v) is 53.2. The van der Waals surface area contributed by atoms with Gasteiger partial charge in [0.2, 0.25) is 29.5 Å². The molecule has 1 saturated carbocycles. The summed E-state index contributed by atoms with van der Waals surface area (Å²) in [6, 6.07) is -9.61. The highest BCUT2D eigenvalue weighted by Crippen LogP contribution is 2.33. The lowest BCUT2D eigenvalue weighted by Crippen LogP contribution is -2.65. The van der Waals surface area contributed by atoms with Crippen LogP contribution in [0.25, 0.3) is 0 Å². The van der Waals surface area contributed by atoms with E-state index in [4.69, 9.17) is 55.1 Å². The van der Waals surface area contributed by atoms with Crippen LogP contribution in [0.3, 0.4) is 0 Å². The molecule has 0 unspecified atom stereocenters. The molecule has 0 aromatic rings. The van der Waals surface area contributed by atoms with E-state index >= 15 is 0 Å². The van der Waals surface area contributed by atoms with Gasteiger partial charge in [0.1, 0.15) is 134 Å². The lowest BCUT2D eigenvalue weighted by molar-refractivity contribution is -0.362. The van der Waals surface area contributed by atoms with Gasteiger partial charge < -0.3 is 158 Å². The van der Waals surface area contributed by atoms with Crippen molar-refractivity contribution in [3.63, 3.8) is 0 Å². The highest BCUT2D eigenvalue weighted by atomic mass is 32.2. The van der Waals surface area contributed by atoms with Gasteiger partial charge in [-0.15, -0.1) is 0 Å². The summed E-state index contributed by atoms with van der Waals surface area (Å²) in [5.74, 6) is -6.76. The van der Waals surface area contributed by atoms with Crippen LogP contribution in [-0.2, 0) is 66.7 Å². The Morgan fingerprint density at radius 1 is 0.521 bits per heavy atom. The number of carbonyl (C=O) groups is 6. The highest BCUT2D eigenvalue weighted by molar-refractivity contribution is 7.98. The van der Waals surface area contributed by atoms with Gasteiger partial charge in [-0.25, -0.2) is 4.79 Å². The van der Waals surface area contributed by atoms with Crippen LogP contribution in [0, 0.1) is 5.92 Å². The van der Waals surface area contributed by atoms with Crippen molar-refractivity contribution in [1.82, 2.24) is 26.6 Å². The summed E-state index contributed by atoms with van der Waals surface area (Å²) in [4.78, 5) is 87.5. The monoisotopic (exact) mass is 1380 g/mol. The number of carboxylic acids is 1. The largest absolute Gasteiger partial charge is 0.480 e. The third kappa shape index (κ3) is 21.5. The van der Waals surface area contributed by atoms with Gasteiger partial charge in [-0.3, -0.25) is 29.0 Å². The minimum absolute atomic E-state index is 0.00584. The molecule has 28 atom stereocenters. The van der Waals surface area contributed by atoms with Crippen molar-refractivity contribution >= 4 is 53.2 Å². The second-order valence-electron chi connectivity index (χ2n) is 23.9. The molecule has 0 spiro atoms. The van der Waals surface area contributed by atoms with Gasteiger partial charge in [0.05, 0.1) is 38.6 Å². The topological polar surface area (TPSA) is 630 Å². The van der Waals surface area contributed by atoms with E-state index in [1.807, 2.05) is 0 Å². The van der Waals surface area contributed by atoms with Crippen LogP contribution in [0.2, 0.25) is 0 Å². The fourth-order valence-corrected chi connectivity index (χ4v) is 11.7. The van der Waals surface area contributed by atoms with E-state index in [9.17, 15) is 105 Å². The summed E-state index contributed by atoms with van der Waals surface area (Å²) in [7, 11) is 0. The van der Waals surface area contributed by atoms with Crippen LogP contribution in [0.15, 0.2) is 4.99 Å². The lowest BCUT2D eigenvalue weighted by Gasteiger charge is -2.46. The Morgan fingerprint density at radius 2 is 0.957 bits per heavy atom. The molecule has 1 aliphatic carbocycles. The van der Waals surface area contributed by atoms with Crippen molar-refractivity contribution in [3.8, 4) is 0 Å². The third-order valence-corrected chi connectivity index (χ3v) is 17.6. The fraction of sp³-hybridized carbons (Fsp3) is 0.873. The van der Waals surface area contributed by atoms with Crippen LogP contribution in [0.1, 0.15) is 78.6 Å². The van der Waals surface area contributed by atoms with E-state index in [2.05, 4.69) is 31.6 Å². The summed E-state index contributed by atoms with van der Waals surface area (Å²) in [5, 5.41) is 169. The number of nitrogens with two attached hydrogens (primary N) is 3. The molecule has 39 heteroatoms. The number of aliphatic imine (C=N–C) groups is 1. The van der Waals surface area contributed by atoms with Crippen molar-refractivity contribution in [1.29, 1.82) is 0 Å². The minimum atomic E-state index is -2.12. The first-order valence-corrected chi connectivity index (χ1v) is 32.3. The molecular formula is C55H97N9O29S. The SMILES string of the molecule is CSCC[C@H](NC(=O)[C@@H](N)[C@@H](C)O[C@H]1O[C@H](CO)[C@@H](O[C@@H]2O[C@H](CO)[C@H](O)[C@H](O)[C@H]2O)[C@H](O)[C@H]1O)C(=O)N[C@@H](CCCN=C(N)N)C(=O)N[C@@H](C)C(=O)N[C@H](C(=O)N[C@@H](CC1CCCCC1)C(=O)O)[C@@H](C)O[C@H]1O[C@H](CO)[C@@H](O[C@@H]2O[C@H](CO)[C@H](O)[C@H](O)[C@H]2O)[C@H](O)[C@H]1O. The quantitative estimate of drug-likeness (QED) is 0.0162. The van der Waals surface area contributed by atoms with Crippen molar-refractivity contribution in [2.45, 2.75) is 250 Å². The average molecular weight is 1380 g/mol. The molecule has 5 rings (SSSR count). The molecule has 4 saturated heterocycles. The van der Waals surface area contributed by atoms with Gasteiger partial charge in [0, 0.05) is 6.54 Å². The van der Waals surface area contributed by atoms with E-state index in [0.29, 0.717) is 12.8 Å². The average Bonchev–Trinajstić information content (AvgIpc) is 0.795. The number of hydrogen-bond acceptors (Lipinski definition) is 31. The van der Waals surface area contributed by atoms with Crippen LogP contribution >= 0.6 is 11.8 Å². The Morgan fingerprint density at radius 3 is 1.43 bits per heavy atom.